The Morgan fingerprint density at radius 2 is 1.67 bits per heavy atom. The summed E-state index contributed by atoms with van der Waals surface area (Å²) in [5.41, 5.74) is 0. The van der Waals surface area contributed by atoms with Crippen LogP contribution in [0.5, 0.6) is 0 Å². The molecule has 0 rings (SSSR count). The van der Waals surface area contributed by atoms with Crippen LogP contribution in [0.2, 0.25) is 0 Å². The van der Waals surface area contributed by atoms with Crippen molar-refractivity contribution in [3.63, 3.8) is 0 Å². The number of nitrogens with two attached hydrogens (primary N) is 1. The standard InChI is InChI=1S/C7H18N2O2S/c1-4-7(12(8,10)11)9(5-2)6-3/h7H,4-6H2,1-3H3,(H2,8,10,11). The molecule has 0 aromatic heterocycles. The normalized spacial score (nSPS) is 15.1. The third-order valence-corrected chi connectivity index (χ3v) is 3.34. The van der Waals surface area contributed by atoms with E-state index in [9.17, 15) is 8.42 Å². The van der Waals surface area contributed by atoms with Gasteiger partial charge in [-0.2, -0.15) is 0 Å². The van der Waals surface area contributed by atoms with Crippen molar-refractivity contribution >= 4 is 10.0 Å². The molecule has 0 fully saturated rings. The van der Waals surface area contributed by atoms with Gasteiger partial charge in [-0.3, -0.25) is 4.90 Å². The highest BCUT2D eigenvalue weighted by atomic mass is 32.2. The lowest BCUT2D eigenvalue weighted by molar-refractivity contribution is 0.268. The molecule has 0 saturated carbocycles. The van der Waals surface area contributed by atoms with E-state index < -0.39 is 15.4 Å². The lowest BCUT2D eigenvalue weighted by Gasteiger charge is -2.26. The summed E-state index contributed by atoms with van der Waals surface area (Å²) in [5, 5.41) is 4.55. The van der Waals surface area contributed by atoms with Gasteiger partial charge >= 0.3 is 0 Å². The maximum absolute atomic E-state index is 11.1. The quantitative estimate of drug-likeness (QED) is 0.687. The minimum atomic E-state index is -3.41. The maximum atomic E-state index is 11.1. The van der Waals surface area contributed by atoms with Crippen molar-refractivity contribution in [1.29, 1.82) is 0 Å². The molecule has 0 aromatic rings. The third-order valence-electron chi connectivity index (χ3n) is 1.95. The lowest BCUT2D eigenvalue weighted by Crippen LogP contribution is -2.43. The highest BCUT2D eigenvalue weighted by Crippen LogP contribution is 2.07. The number of sulfonamides is 1. The number of primary sulfonamides is 1. The molecule has 0 aromatic carbocycles. The molecule has 0 aliphatic heterocycles. The van der Waals surface area contributed by atoms with Crippen LogP contribution in [0.3, 0.4) is 0 Å². The van der Waals surface area contributed by atoms with Gasteiger partial charge in [0.1, 0.15) is 5.37 Å². The molecule has 5 heteroatoms. The Balaban J connectivity index is 4.54. The largest absolute Gasteiger partial charge is 0.287 e. The Bertz CT molecular complexity index is 209. The molecule has 0 amide bonds. The topological polar surface area (TPSA) is 63.4 Å². The predicted molar refractivity (Wildman–Crippen MR) is 50.1 cm³/mol. The van der Waals surface area contributed by atoms with E-state index in [0.717, 1.165) is 0 Å². The number of hydrogen-bond donors (Lipinski definition) is 1. The maximum Gasteiger partial charge on any atom is 0.225 e. The summed E-state index contributed by atoms with van der Waals surface area (Å²) in [7, 11) is -3.41. The van der Waals surface area contributed by atoms with Gasteiger partial charge in [-0.1, -0.05) is 20.8 Å². The monoisotopic (exact) mass is 194 g/mol. The molecule has 74 valence electrons. The second-order valence-corrected chi connectivity index (χ2v) is 4.40. The summed E-state index contributed by atoms with van der Waals surface area (Å²) >= 11 is 0. The van der Waals surface area contributed by atoms with E-state index in [1.165, 1.54) is 0 Å². The van der Waals surface area contributed by atoms with Gasteiger partial charge in [0, 0.05) is 0 Å². The molecular weight excluding hydrogens is 176 g/mol. The summed E-state index contributed by atoms with van der Waals surface area (Å²) in [6.45, 7) is 7.11. The van der Waals surface area contributed by atoms with Crippen molar-refractivity contribution in [1.82, 2.24) is 4.90 Å². The molecule has 1 atom stereocenters. The zero-order chi connectivity index (χ0) is 9.78. The minimum Gasteiger partial charge on any atom is -0.287 e. The van der Waals surface area contributed by atoms with Crippen LogP contribution in [-0.4, -0.2) is 31.8 Å². The van der Waals surface area contributed by atoms with Gasteiger partial charge < -0.3 is 0 Å². The molecule has 4 nitrogen and oxygen atoms in total. The SMILES string of the molecule is CCC(N(CC)CC)S(N)(=O)=O. The highest BCUT2D eigenvalue weighted by molar-refractivity contribution is 7.89. The van der Waals surface area contributed by atoms with Gasteiger partial charge in [-0.15, -0.1) is 0 Å². The first-order chi connectivity index (χ1) is 5.47. The van der Waals surface area contributed by atoms with Gasteiger partial charge in [0.05, 0.1) is 0 Å². The lowest BCUT2D eigenvalue weighted by atomic mass is 10.4. The van der Waals surface area contributed by atoms with Gasteiger partial charge in [-0.05, 0) is 19.5 Å². The van der Waals surface area contributed by atoms with Crippen LogP contribution >= 0.6 is 0 Å². The van der Waals surface area contributed by atoms with E-state index in [2.05, 4.69) is 0 Å². The fourth-order valence-electron chi connectivity index (χ4n) is 1.33. The first kappa shape index (κ1) is 11.9. The fourth-order valence-corrected chi connectivity index (χ4v) is 2.51. The smallest absolute Gasteiger partial charge is 0.225 e. The van der Waals surface area contributed by atoms with Gasteiger partial charge in [0.15, 0.2) is 0 Å². The summed E-state index contributed by atoms with van der Waals surface area (Å²) in [6, 6.07) is 0. The van der Waals surface area contributed by atoms with Crippen molar-refractivity contribution in [2.24, 2.45) is 5.14 Å². The second-order valence-electron chi connectivity index (χ2n) is 2.67. The molecular formula is C7H18N2O2S. The minimum absolute atomic E-state index is 0.521. The van der Waals surface area contributed by atoms with E-state index in [-0.39, 0.29) is 0 Å². The van der Waals surface area contributed by atoms with Crippen molar-refractivity contribution in [3.8, 4) is 0 Å². The molecule has 2 N–H and O–H groups in total. The Labute approximate surface area is 74.8 Å². The van der Waals surface area contributed by atoms with E-state index in [4.69, 9.17) is 5.14 Å². The summed E-state index contributed by atoms with van der Waals surface area (Å²) in [6.07, 6.45) is 0.542. The number of hydrogen-bond acceptors (Lipinski definition) is 3. The van der Waals surface area contributed by atoms with Crippen molar-refractivity contribution in [2.75, 3.05) is 13.1 Å². The Hall–Kier alpha value is -0.130. The van der Waals surface area contributed by atoms with Crippen LogP contribution in [0.25, 0.3) is 0 Å². The average molecular weight is 194 g/mol. The Morgan fingerprint density at radius 3 is 1.75 bits per heavy atom. The van der Waals surface area contributed by atoms with Crippen LogP contribution in [0.4, 0.5) is 0 Å². The van der Waals surface area contributed by atoms with Gasteiger partial charge in [-0.25, -0.2) is 13.6 Å². The fraction of sp³-hybridized carbons (Fsp3) is 1.00. The molecule has 0 aliphatic rings. The summed E-state index contributed by atoms with van der Waals surface area (Å²) in [5.74, 6) is 0. The second kappa shape index (κ2) is 4.79. The number of nitrogens with zero attached hydrogens (tertiary/aromatic N) is 1. The van der Waals surface area contributed by atoms with Crippen molar-refractivity contribution in [3.05, 3.63) is 0 Å². The average Bonchev–Trinajstić information content (AvgIpc) is 1.97. The molecule has 0 saturated heterocycles. The molecule has 0 spiro atoms. The zero-order valence-electron chi connectivity index (χ0n) is 7.95. The molecule has 0 aliphatic carbocycles. The summed E-state index contributed by atoms with van der Waals surface area (Å²) in [4.78, 5) is 1.84. The Morgan fingerprint density at radius 1 is 1.25 bits per heavy atom. The van der Waals surface area contributed by atoms with E-state index in [1.54, 1.807) is 0 Å². The van der Waals surface area contributed by atoms with Crippen LogP contribution in [-0.2, 0) is 10.0 Å². The van der Waals surface area contributed by atoms with E-state index in [0.29, 0.717) is 19.5 Å². The third kappa shape index (κ3) is 3.08. The van der Waals surface area contributed by atoms with Crippen LogP contribution in [0.15, 0.2) is 0 Å². The molecule has 0 heterocycles. The molecule has 1 unspecified atom stereocenters. The van der Waals surface area contributed by atoms with Crippen LogP contribution in [0.1, 0.15) is 27.2 Å². The highest BCUT2D eigenvalue weighted by Gasteiger charge is 2.24. The Kier molecular flexibility index (Phi) is 4.74. The molecule has 0 radical (unpaired) electrons. The summed E-state index contributed by atoms with van der Waals surface area (Å²) < 4.78 is 22.1. The van der Waals surface area contributed by atoms with Crippen LogP contribution in [0, 0.1) is 0 Å². The van der Waals surface area contributed by atoms with Crippen molar-refractivity contribution < 1.29 is 8.42 Å². The first-order valence-electron chi connectivity index (χ1n) is 4.22. The molecule has 12 heavy (non-hydrogen) atoms. The number of rotatable bonds is 5. The first-order valence-corrected chi connectivity index (χ1v) is 5.83. The zero-order valence-corrected chi connectivity index (χ0v) is 8.76. The van der Waals surface area contributed by atoms with E-state index >= 15 is 0 Å². The van der Waals surface area contributed by atoms with Gasteiger partial charge in [0.25, 0.3) is 0 Å². The molecule has 0 bridgehead atoms. The predicted octanol–water partition coefficient (Wildman–Crippen LogP) is 0.353. The van der Waals surface area contributed by atoms with Crippen LogP contribution < -0.4 is 5.14 Å². The van der Waals surface area contributed by atoms with E-state index in [1.807, 2.05) is 25.7 Å². The van der Waals surface area contributed by atoms with Crippen molar-refractivity contribution in [2.45, 2.75) is 32.6 Å². The van der Waals surface area contributed by atoms with Gasteiger partial charge in [0.2, 0.25) is 10.0 Å².